The molecule has 0 amide bonds. The molecule has 0 aliphatic heterocycles. The van der Waals surface area contributed by atoms with Gasteiger partial charge in [0.2, 0.25) is 0 Å². The van der Waals surface area contributed by atoms with Gasteiger partial charge >= 0.3 is 0 Å². The van der Waals surface area contributed by atoms with Crippen LogP contribution in [-0.2, 0) is 11.2 Å². The van der Waals surface area contributed by atoms with Crippen LogP contribution in [0.3, 0.4) is 0 Å². The molecule has 1 atom stereocenters. The number of aldehydes is 1. The Morgan fingerprint density at radius 3 is 3.25 bits per heavy atom. The lowest BCUT2D eigenvalue weighted by atomic mass is 9.88. The summed E-state index contributed by atoms with van der Waals surface area (Å²) in [4.78, 5) is 14.0. The summed E-state index contributed by atoms with van der Waals surface area (Å²) in [5.41, 5.74) is 3.68. The van der Waals surface area contributed by atoms with Crippen molar-refractivity contribution >= 4 is 6.29 Å². The first-order valence-electron chi connectivity index (χ1n) is 4.45. The monoisotopic (exact) mass is 163 g/mol. The van der Waals surface area contributed by atoms with Gasteiger partial charge in [0.15, 0.2) is 0 Å². The minimum absolute atomic E-state index is 0.152. The molecule has 1 unspecified atom stereocenters. The van der Waals surface area contributed by atoms with Crippen molar-refractivity contribution in [2.24, 2.45) is 0 Å². The second-order valence-electron chi connectivity index (χ2n) is 3.52. The molecule has 2 nitrogen and oxygen atoms in total. The van der Waals surface area contributed by atoms with Gasteiger partial charge in [-0.3, -0.25) is 0 Å². The highest BCUT2D eigenvalue weighted by molar-refractivity contribution is 5.63. The van der Waals surface area contributed by atoms with E-state index in [-0.39, 0.29) is 5.92 Å². The van der Waals surface area contributed by atoms with Gasteiger partial charge in [-0.05, 0) is 37.8 Å². The van der Waals surface area contributed by atoms with Crippen LogP contribution in [0.1, 0.15) is 35.7 Å². The van der Waals surface area contributed by atoms with Gasteiger partial charge in [0.25, 0.3) is 0 Å². The number of carbonyl (C=O) groups is 1. The molecule has 64 valence electrons. The quantitative estimate of drug-likeness (QED) is 0.630. The number of hydrogen-bond donors (Lipinski definition) is 1. The van der Waals surface area contributed by atoms with Crippen molar-refractivity contribution in [1.29, 1.82) is 0 Å². The van der Waals surface area contributed by atoms with Crippen LogP contribution in [0.25, 0.3) is 0 Å². The van der Waals surface area contributed by atoms with E-state index in [0.717, 1.165) is 25.5 Å². The van der Waals surface area contributed by atoms with Crippen molar-refractivity contribution in [3.63, 3.8) is 0 Å². The first-order valence-corrected chi connectivity index (χ1v) is 4.45. The maximum absolute atomic E-state index is 10.7. The maximum atomic E-state index is 10.7. The second-order valence-corrected chi connectivity index (χ2v) is 3.52. The molecule has 1 aliphatic carbocycles. The lowest BCUT2D eigenvalue weighted by molar-refractivity contribution is -0.109. The molecule has 0 saturated carbocycles. The largest absolute Gasteiger partial charge is 0.362 e. The van der Waals surface area contributed by atoms with E-state index in [1.807, 2.05) is 6.92 Å². The molecule has 1 aliphatic rings. The first kappa shape index (κ1) is 7.59. The highest BCUT2D eigenvalue weighted by Gasteiger charge is 2.20. The van der Waals surface area contributed by atoms with Gasteiger partial charge in [-0.1, -0.05) is 0 Å². The normalized spacial score (nSPS) is 21.9. The predicted molar refractivity (Wildman–Crippen MR) is 47.3 cm³/mol. The standard InChI is InChI=1S/C10H13NO/c1-7-5-9-8(6-12)3-2-4-10(9)11-7/h5-6,8,11H,2-4H2,1H3. The van der Waals surface area contributed by atoms with Crippen molar-refractivity contribution in [1.82, 2.24) is 4.98 Å². The first-order chi connectivity index (χ1) is 5.81. The van der Waals surface area contributed by atoms with E-state index in [1.54, 1.807) is 0 Å². The third-order valence-corrected chi connectivity index (χ3v) is 2.57. The molecule has 0 saturated heterocycles. The number of aromatic amines is 1. The zero-order valence-corrected chi connectivity index (χ0v) is 7.26. The van der Waals surface area contributed by atoms with Gasteiger partial charge in [-0.25, -0.2) is 0 Å². The van der Waals surface area contributed by atoms with Crippen LogP contribution in [0.2, 0.25) is 0 Å². The van der Waals surface area contributed by atoms with Crippen molar-refractivity contribution < 1.29 is 4.79 Å². The molecule has 0 radical (unpaired) electrons. The maximum Gasteiger partial charge on any atom is 0.127 e. The SMILES string of the molecule is Cc1cc2c([nH]1)CCCC2C=O. The smallest absolute Gasteiger partial charge is 0.127 e. The molecule has 2 heteroatoms. The molecule has 1 aromatic heterocycles. The third-order valence-electron chi connectivity index (χ3n) is 2.57. The number of H-pyrrole nitrogens is 1. The van der Waals surface area contributed by atoms with E-state index in [2.05, 4.69) is 11.1 Å². The molecule has 0 aromatic carbocycles. The summed E-state index contributed by atoms with van der Waals surface area (Å²) in [7, 11) is 0. The fraction of sp³-hybridized carbons (Fsp3) is 0.500. The number of aromatic nitrogens is 1. The van der Waals surface area contributed by atoms with E-state index in [9.17, 15) is 4.79 Å². The molecule has 0 spiro atoms. The lowest BCUT2D eigenvalue weighted by Gasteiger charge is -2.16. The Kier molecular flexibility index (Phi) is 1.75. The van der Waals surface area contributed by atoms with Crippen molar-refractivity contribution in [3.05, 3.63) is 23.0 Å². The van der Waals surface area contributed by atoms with Crippen LogP contribution in [0.5, 0.6) is 0 Å². The summed E-state index contributed by atoms with van der Waals surface area (Å²) in [5.74, 6) is 0.152. The zero-order chi connectivity index (χ0) is 8.55. The van der Waals surface area contributed by atoms with Crippen molar-refractivity contribution in [2.75, 3.05) is 0 Å². The Bertz CT molecular complexity index is 301. The number of rotatable bonds is 1. The molecule has 0 fully saturated rings. The van der Waals surface area contributed by atoms with Gasteiger partial charge in [0.05, 0.1) is 0 Å². The second kappa shape index (κ2) is 2.77. The van der Waals surface area contributed by atoms with Gasteiger partial charge in [-0.2, -0.15) is 0 Å². The van der Waals surface area contributed by atoms with Gasteiger partial charge < -0.3 is 9.78 Å². The van der Waals surface area contributed by atoms with Crippen LogP contribution < -0.4 is 0 Å². The lowest BCUT2D eigenvalue weighted by Crippen LogP contribution is -2.08. The number of nitrogens with one attached hydrogen (secondary N) is 1. The van der Waals surface area contributed by atoms with E-state index < -0.39 is 0 Å². The highest BCUT2D eigenvalue weighted by atomic mass is 16.1. The average molecular weight is 163 g/mol. The van der Waals surface area contributed by atoms with Gasteiger partial charge in [0.1, 0.15) is 6.29 Å². The van der Waals surface area contributed by atoms with Crippen molar-refractivity contribution in [3.8, 4) is 0 Å². The Morgan fingerprint density at radius 2 is 2.50 bits per heavy atom. The highest BCUT2D eigenvalue weighted by Crippen LogP contribution is 2.30. The summed E-state index contributed by atoms with van der Waals surface area (Å²) < 4.78 is 0. The molecule has 12 heavy (non-hydrogen) atoms. The Labute approximate surface area is 72.0 Å². The number of aryl methyl sites for hydroxylation is 2. The fourth-order valence-corrected chi connectivity index (χ4v) is 2.00. The number of hydrogen-bond acceptors (Lipinski definition) is 1. The van der Waals surface area contributed by atoms with E-state index >= 15 is 0 Å². The number of carbonyl (C=O) groups excluding carboxylic acids is 1. The summed E-state index contributed by atoms with van der Waals surface area (Å²) in [6, 6.07) is 2.10. The predicted octanol–water partition coefficient (Wildman–Crippen LogP) is 1.94. The van der Waals surface area contributed by atoms with Crippen molar-refractivity contribution in [2.45, 2.75) is 32.1 Å². The molecule has 2 rings (SSSR count). The molecular weight excluding hydrogens is 150 g/mol. The third kappa shape index (κ3) is 1.07. The molecule has 1 N–H and O–H groups in total. The van der Waals surface area contributed by atoms with Crippen LogP contribution in [0, 0.1) is 6.92 Å². The van der Waals surface area contributed by atoms with E-state index in [1.165, 1.54) is 17.0 Å². The minimum Gasteiger partial charge on any atom is -0.362 e. The molecule has 0 bridgehead atoms. The summed E-state index contributed by atoms with van der Waals surface area (Å²) in [6.45, 7) is 2.04. The Hall–Kier alpha value is -1.05. The van der Waals surface area contributed by atoms with Crippen LogP contribution in [0.15, 0.2) is 6.07 Å². The Balaban J connectivity index is 2.43. The van der Waals surface area contributed by atoms with Gasteiger partial charge in [0, 0.05) is 17.3 Å². The fourth-order valence-electron chi connectivity index (χ4n) is 2.00. The van der Waals surface area contributed by atoms with E-state index in [4.69, 9.17) is 0 Å². The average Bonchev–Trinajstić information content (AvgIpc) is 2.44. The summed E-state index contributed by atoms with van der Waals surface area (Å²) in [5, 5.41) is 0. The van der Waals surface area contributed by atoms with Crippen LogP contribution in [0.4, 0.5) is 0 Å². The molecule has 1 aromatic rings. The topological polar surface area (TPSA) is 32.9 Å². The zero-order valence-electron chi connectivity index (χ0n) is 7.26. The van der Waals surface area contributed by atoms with Crippen LogP contribution in [-0.4, -0.2) is 11.3 Å². The molecule has 1 heterocycles. The van der Waals surface area contributed by atoms with Gasteiger partial charge in [-0.15, -0.1) is 0 Å². The minimum atomic E-state index is 0.152. The summed E-state index contributed by atoms with van der Waals surface area (Å²) >= 11 is 0. The Morgan fingerprint density at radius 1 is 1.67 bits per heavy atom. The number of fused-ring (bicyclic) bond motifs is 1. The molecular formula is C10H13NO. The van der Waals surface area contributed by atoms with E-state index in [0.29, 0.717) is 0 Å². The van der Waals surface area contributed by atoms with Crippen LogP contribution >= 0.6 is 0 Å². The summed E-state index contributed by atoms with van der Waals surface area (Å²) in [6.07, 6.45) is 4.34.